The molecule has 0 spiro atoms. The van der Waals surface area contributed by atoms with Gasteiger partial charge in [0.25, 0.3) is 0 Å². The molecule has 0 heteroatoms. The summed E-state index contributed by atoms with van der Waals surface area (Å²) in [5, 5.41) is 9.99. The first-order chi connectivity index (χ1) is 46.6. The Hall–Kier alpha value is -12.0. The summed E-state index contributed by atoms with van der Waals surface area (Å²) < 4.78 is 0. The van der Waals surface area contributed by atoms with E-state index >= 15 is 0 Å². The molecule has 0 aromatic heterocycles. The first-order valence-electron chi connectivity index (χ1n) is 33.0. The van der Waals surface area contributed by atoms with Gasteiger partial charge in [-0.2, -0.15) is 0 Å². The Bertz CT molecular complexity index is 5660. The SMILES string of the molecule is C1=CC(c2cc(-c3ccccc3)cc(-c3c4c(c(-c5cc(-c6ccccc6)cc(-c6ccccc6)c5)c5cc6ccccc6cc35)-c3ccc5c6c(ccc-4c36)-c3c-5c(-c4cccc(-c5ccccc5)c4)c4ccccc4c3-c3cccc(-c4ccccc4)c3)c2)=CCC1. The Morgan fingerprint density at radius 3 is 0.862 bits per heavy atom. The van der Waals surface area contributed by atoms with Gasteiger partial charge in [0.05, 0.1) is 0 Å². The molecule has 19 rings (SSSR count). The summed E-state index contributed by atoms with van der Waals surface area (Å²) in [4.78, 5) is 0. The highest BCUT2D eigenvalue weighted by atomic mass is 14.4. The maximum Gasteiger partial charge on any atom is -0.000739 e. The third-order valence-electron chi connectivity index (χ3n) is 20.2. The summed E-state index contributed by atoms with van der Waals surface area (Å²) in [5.41, 5.74) is 34.5. The molecule has 0 nitrogen and oxygen atoms in total. The highest BCUT2D eigenvalue weighted by Crippen LogP contribution is 2.65. The number of rotatable bonds is 10. The molecule has 0 saturated carbocycles. The van der Waals surface area contributed by atoms with Crippen LogP contribution in [-0.4, -0.2) is 0 Å². The van der Waals surface area contributed by atoms with E-state index in [1.54, 1.807) is 0 Å². The topological polar surface area (TPSA) is 0 Å². The van der Waals surface area contributed by atoms with Crippen LogP contribution in [0.25, 0.3) is 193 Å². The number of benzene rings is 16. The standard InChI is InChI=1S/C94H60/c1-7-25-59(26-8-1)65-39-23-41-69(49-65)85-77-43-21-22-44-78(77)86(70-42-24-40-66(50-70)60-27-9-2-10-28-60)92-80-46-48-82-90-81(47-45-79(89(80)90)91(85)92)93-87(75-53-71(61-29-11-3-12-30-61)51-72(54-75)62-31-13-4-14-32-62)83-57-67-37-19-20-38-68(67)58-84(83)88(94(82)93)76-55-73(63-33-15-5-16-34-63)52-74(56-76)64-35-17-6-18-36-64/h1-5,7-17,19-58H,6,18H2. The van der Waals surface area contributed by atoms with E-state index in [0.717, 1.165) is 12.8 Å². The third-order valence-corrected chi connectivity index (χ3v) is 20.2. The molecule has 0 N–H and O–H groups in total. The highest BCUT2D eigenvalue weighted by Gasteiger charge is 2.38. The normalized spacial score (nSPS) is 12.6. The van der Waals surface area contributed by atoms with Crippen molar-refractivity contribution in [3.05, 3.63) is 345 Å². The monoisotopic (exact) mass is 1190 g/mol. The quantitative estimate of drug-likeness (QED) is 0.120. The van der Waals surface area contributed by atoms with Crippen molar-refractivity contribution in [3.8, 4) is 145 Å². The van der Waals surface area contributed by atoms with Crippen LogP contribution in [-0.2, 0) is 0 Å². The molecule has 16 aromatic rings. The average Bonchev–Trinajstić information content (AvgIpc) is 1.50. The van der Waals surface area contributed by atoms with Crippen molar-refractivity contribution in [1.82, 2.24) is 0 Å². The minimum absolute atomic E-state index is 1.02. The van der Waals surface area contributed by atoms with Gasteiger partial charge in [-0.25, -0.2) is 0 Å². The predicted molar refractivity (Wildman–Crippen MR) is 401 cm³/mol. The Labute approximate surface area is 548 Å². The van der Waals surface area contributed by atoms with Crippen LogP contribution in [0.1, 0.15) is 18.4 Å². The molecule has 0 aliphatic heterocycles. The number of hydrogen-bond acceptors (Lipinski definition) is 0. The average molecular weight is 1190 g/mol. The smallest absolute Gasteiger partial charge is 0.000739 e. The maximum atomic E-state index is 2.52. The van der Waals surface area contributed by atoms with E-state index < -0.39 is 0 Å². The van der Waals surface area contributed by atoms with Gasteiger partial charge in [0.1, 0.15) is 0 Å². The van der Waals surface area contributed by atoms with Gasteiger partial charge in [-0.3, -0.25) is 0 Å². The fourth-order valence-electron chi connectivity index (χ4n) is 16.1. The molecule has 94 heavy (non-hydrogen) atoms. The molecule has 3 aliphatic carbocycles. The second-order valence-corrected chi connectivity index (χ2v) is 25.6. The first-order valence-corrected chi connectivity index (χ1v) is 33.0. The van der Waals surface area contributed by atoms with Gasteiger partial charge in [0.15, 0.2) is 0 Å². The highest BCUT2D eigenvalue weighted by molar-refractivity contribution is 6.36. The van der Waals surface area contributed by atoms with E-state index in [-0.39, 0.29) is 0 Å². The van der Waals surface area contributed by atoms with Crippen molar-refractivity contribution in [2.45, 2.75) is 12.8 Å². The molecule has 0 saturated heterocycles. The molecule has 0 unspecified atom stereocenters. The molecule has 0 atom stereocenters. The van der Waals surface area contributed by atoms with Gasteiger partial charge in [0.2, 0.25) is 0 Å². The van der Waals surface area contributed by atoms with Gasteiger partial charge in [-0.1, -0.05) is 279 Å². The van der Waals surface area contributed by atoms with Gasteiger partial charge < -0.3 is 0 Å². The van der Waals surface area contributed by atoms with E-state index in [2.05, 4.69) is 340 Å². The van der Waals surface area contributed by atoms with Crippen LogP contribution in [0.4, 0.5) is 0 Å². The van der Waals surface area contributed by atoms with E-state index in [1.165, 1.54) is 199 Å². The van der Waals surface area contributed by atoms with Gasteiger partial charge in [-0.05, 0) is 272 Å². The van der Waals surface area contributed by atoms with Gasteiger partial charge in [-0.15, -0.1) is 0 Å². The lowest BCUT2D eigenvalue weighted by Crippen LogP contribution is -1.97. The van der Waals surface area contributed by atoms with Crippen LogP contribution in [0.5, 0.6) is 0 Å². The van der Waals surface area contributed by atoms with Crippen molar-refractivity contribution in [2.24, 2.45) is 0 Å². The van der Waals surface area contributed by atoms with Crippen molar-refractivity contribution < 1.29 is 0 Å². The summed E-state index contributed by atoms with van der Waals surface area (Å²) in [5.74, 6) is 0. The van der Waals surface area contributed by atoms with Crippen molar-refractivity contribution >= 4 is 48.7 Å². The molecule has 0 amide bonds. The van der Waals surface area contributed by atoms with E-state index in [1.807, 2.05) is 0 Å². The Balaban J connectivity index is 0.971. The molecule has 0 radical (unpaired) electrons. The van der Waals surface area contributed by atoms with Crippen molar-refractivity contribution in [2.75, 3.05) is 0 Å². The molecule has 0 fully saturated rings. The van der Waals surface area contributed by atoms with Crippen LogP contribution in [0.2, 0.25) is 0 Å². The van der Waals surface area contributed by atoms with Crippen LogP contribution >= 0.6 is 0 Å². The van der Waals surface area contributed by atoms with Crippen molar-refractivity contribution in [3.63, 3.8) is 0 Å². The lowest BCUT2D eigenvalue weighted by atomic mass is 9.79. The van der Waals surface area contributed by atoms with Gasteiger partial charge >= 0.3 is 0 Å². The molecular formula is C94H60. The molecule has 16 aromatic carbocycles. The largest absolute Gasteiger partial charge is 0.0836 e. The fourth-order valence-corrected chi connectivity index (χ4v) is 16.1. The Morgan fingerprint density at radius 1 is 0.181 bits per heavy atom. The van der Waals surface area contributed by atoms with Crippen LogP contribution < -0.4 is 0 Å². The van der Waals surface area contributed by atoms with Gasteiger partial charge in [0, 0.05) is 0 Å². The van der Waals surface area contributed by atoms with Crippen LogP contribution in [0.3, 0.4) is 0 Å². The Morgan fingerprint density at radius 2 is 0.479 bits per heavy atom. The maximum absolute atomic E-state index is 2.52. The predicted octanol–water partition coefficient (Wildman–Crippen LogP) is 26.3. The van der Waals surface area contributed by atoms with Crippen molar-refractivity contribution in [1.29, 1.82) is 0 Å². The molecule has 0 bridgehead atoms. The van der Waals surface area contributed by atoms with E-state index in [0.29, 0.717) is 0 Å². The lowest BCUT2D eigenvalue weighted by molar-refractivity contribution is 1.04. The first kappa shape index (κ1) is 53.8. The number of hydrogen-bond donors (Lipinski definition) is 0. The fraction of sp³-hybridized carbons (Fsp3) is 0.0213. The lowest BCUT2D eigenvalue weighted by Gasteiger charge is -2.23. The minimum Gasteiger partial charge on any atom is -0.0836 e. The second-order valence-electron chi connectivity index (χ2n) is 25.6. The van der Waals surface area contributed by atoms with E-state index in [9.17, 15) is 0 Å². The summed E-state index contributed by atoms with van der Waals surface area (Å²) >= 11 is 0. The summed E-state index contributed by atoms with van der Waals surface area (Å²) in [7, 11) is 0. The molecule has 3 aliphatic rings. The molecule has 436 valence electrons. The van der Waals surface area contributed by atoms with E-state index in [4.69, 9.17) is 0 Å². The zero-order valence-electron chi connectivity index (χ0n) is 51.7. The molecular weight excluding hydrogens is 1130 g/mol. The second kappa shape index (κ2) is 21.9. The zero-order valence-corrected chi connectivity index (χ0v) is 51.7. The Kier molecular flexibility index (Phi) is 12.5. The van der Waals surface area contributed by atoms with Crippen LogP contribution in [0.15, 0.2) is 340 Å². The zero-order chi connectivity index (χ0) is 61.8. The summed E-state index contributed by atoms with van der Waals surface area (Å²) in [6, 6.07) is 121. The summed E-state index contributed by atoms with van der Waals surface area (Å²) in [6.45, 7) is 0. The summed E-state index contributed by atoms with van der Waals surface area (Å²) in [6.07, 6.45) is 9.19. The minimum atomic E-state index is 1.02. The third kappa shape index (κ3) is 8.68. The number of fused-ring (bicyclic) bond motifs is 9. The molecule has 0 heterocycles. The van der Waals surface area contributed by atoms with Crippen LogP contribution in [0, 0.1) is 0 Å². The number of allylic oxidation sites excluding steroid dienone is 4.